The Morgan fingerprint density at radius 3 is 2.44 bits per heavy atom. The Morgan fingerprint density at radius 1 is 1.12 bits per heavy atom. The summed E-state index contributed by atoms with van der Waals surface area (Å²) in [5.74, 6) is -1.28. The molecule has 1 aliphatic carbocycles. The first-order chi connectivity index (χ1) is 7.72. The molecule has 1 fully saturated rings. The summed E-state index contributed by atoms with van der Waals surface area (Å²) >= 11 is 0. The molecule has 0 aromatic heterocycles. The molecule has 0 bridgehead atoms. The summed E-state index contributed by atoms with van der Waals surface area (Å²) in [6.07, 6.45) is 3.89. The van der Waals surface area contributed by atoms with Crippen LogP contribution in [0.15, 0.2) is 18.2 Å². The van der Waals surface area contributed by atoms with Gasteiger partial charge >= 0.3 is 0 Å². The van der Waals surface area contributed by atoms with Gasteiger partial charge in [0.15, 0.2) is 11.6 Å². The molecule has 0 heterocycles. The molecular weight excluding hydrogens is 210 g/mol. The van der Waals surface area contributed by atoms with E-state index < -0.39 is 11.6 Å². The second-order valence-electron chi connectivity index (χ2n) is 4.35. The molecule has 2 rings (SSSR count). The third kappa shape index (κ3) is 2.24. The molecule has 0 spiro atoms. The van der Waals surface area contributed by atoms with Crippen LogP contribution in [-0.4, -0.2) is 13.2 Å². The van der Waals surface area contributed by atoms with Crippen LogP contribution in [0.4, 0.5) is 8.78 Å². The monoisotopic (exact) mass is 226 g/mol. The van der Waals surface area contributed by atoms with Gasteiger partial charge in [-0.3, -0.25) is 0 Å². The first-order valence-electron chi connectivity index (χ1n) is 5.69. The molecule has 1 aliphatic rings. The van der Waals surface area contributed by atoms with E-state index in [1.165, 1.54) is 6.07 Å². The Morgan fingerprint density at radius 2 is 1.81 bits per heavy atom. The van der Waals surface area contributed by atoms with E-state index in [0.29, 0.717) is 5.56 Å². The van der Waals surface area contributed by atoms with Gasteiger partial charge in [0.25, 0.3) is 0 Å². The van der Waals surface area contributed by atoms with Gasteiger partial charge in [-0.2, -0.15) is 0 Å². The minimum atomic E-state index is -0.744. The highest BCUT2D eigenvalue weighted by Gasteiger charge is 2.24. The van der Waals surface area contributed by atoms with E-state index >= 15 is 0 Å². The molecule has 0 amide bonds. The lowest BCUT2D eigenvalue weighted by atomic mass is 9.82. The maximum Gasteiger partial charge on any atom is 0.162 e. The highest BCUT2D eigenvalue weighted by molar-refractivity contribution is 5.23. The molecule has 3 heteroatoms. The van der Waals surface area contributed by atoms with Crippen LogP contribution in [0.3, 0.4) is 0 Å². The number of hydrogen-bond acceptors (Lipinski definition) is 1. The van der Waals surface area contributed by atoms with E-state index in [0.717, 1.165) is 25.7 Å². The lowest BCUT2D eigenvalue weighted by Gasteiger charge is -2.28. The number of rotatable bonds is 2. The SMILES string of the molecule is COC1CCC(c2cccc(F)c2F)CC1. The van der Waals surface area contributed by atoms with Gasteiger partial charge in [0.1, 0.15) is 0 Å². The number of halogens is 2. The first-order valence-corrected chi connectivity index (χ1v) is 5.69. The Kier molecular flexibility index (Phi) is 3.54. The molecule has 1 aromatic carbocycles. The Balaban J connectivity index is 2.11. The fourth-order valence-electron chi connectivity index (χ4n) is 2.45. The van der Waals surface area contributed by atoms with Crippen molar-refractivity contribution in [3.63, 3.8) is 0 Å². The van der Waals surface area contributed by atoms with Crippen LogP contribution in [0.2, 0.25) is 0 Å². The second-order valence-corrected chi connectivity index (χ2v) is 4.35. The maximum absolute atomic E-state index is 13.6. The summed E-state index contributed by atoms with van der Waals surface area (Å²) in [6.45, 7) is 0. The quantitative estimate of drug-likeness (QED) is 0.748. The Hall–Kier alpha value is -0.960. The Labute approximate surface area is 94.4 Å². The predicted octanol–water partition coefficient (Wildman–Crippen LogP) is 3.64. The average Bonchev–Trinajstić information content (AvgIpc) is 2.33. The summed E-state index contributed by atoms with van der Waals surface area (Å²) in [5, 5.41) is 0. The van der Waals surface area contributed by atoms with Crippen molar-refractivity contribution in [3.05, 3.63) is 35.4 Å². The molecule has 0 radical (unpaired) electrons. The van der Waals surface area contributed by atoms with Gasteiger partial charge in [-0.15, -0.1) is 0 Å². The van der Waals surface area contributed by atoms with Crippen molar-refractivity contribution in [1.29, 1.82) is 0 Å². The lowest BCUT2D eigenvalue weighted by molar-refractivity contribution is 0.0655. The molecular formula is C13H16F2O. The lowest BCUT2D eigenvalue weighted by Crippen LogP contribution is -2.20. The van der Waals surface area contributed by atoms with Gasteiger partial charge < -0.3 is 4.74 Å². The van der Waals surface area contributed by atoms with Crippen LogP contribution in [0, 0.1) is 11.6 Å². The standard InChI is InChI=1S/C13H16F2O/c1-16-10-7-5-9(6-8-10)11-3-2-4-12(14)13(11)15/h2-4,9-10H,5-8H2,1H3. The van der Waals surface area contributed by atoms with Gasteiger partial charge in [-0.05, 0) is 43.2 Å². The molecule has 0 unspecified atom stereocenters. The van der Waals surface area contributed by atoms with Crippen LogP contribution in [0.1, 0.15) is 37.2 Å². The second kappa shape index (κ2) is 4.91. The summed E-state index contributed by atoms with van der Waals surface area (Å²) in [5.41, 5.74) is 0.523. The van der Waals surface area contributed by atoms with Gasteiger partial charge in [0.2, 0.25) is 0 Å². The number of ether oxygens (including phenoxy) is 1. The van der Waals surface area contributed by atoms with E-state index in [2.05, 4.69) is 0 Å². The highest BCUT2D eigenvalue weighted by atomic mass is 19.2. The minimum absolute atomic E-state index is 0.141. The highest BCUT2D eigenvalue weighted by Crippen LogP contribution is 2.35. The third-order valence-corrected chi connectivity index (χ3v) is 3.43. The van der Waals surface area contributed by atoms with E-state index in [9.17, 15) is 8.78 Å². The molecule has 1 nitrogen and oxygen atoms in total. The smallest absolute Gasteiger partial charge is 0.162 e. The summed E-state index contributed by atoms with van der Waals surface area (Å²) in [7, 11) is 1.70. The fourth-order valence-corrected chi connectivity index (χ4v) is 2.45. The number of benzene rings is 1. The van der Waals surface area contributed by atoms with Crippen LogP contribution in [0.5, 0.6) is 0 Å². The molecule has 1 aromatic rings. The number of hydrogen-bond donors (Lipinski definition) is 0. The van der Waals surface area contributed by atoms with Gasteiger partial charge in [0, 0.05) is 7.11 Å². The largest absolute Gasteiger partial charge is 0.381 e. The summed E-state index contributed by atoms with van der Waals surface area (Å²) < 4.78 is 31.9. The van der Waals surface area contributed by atoms with Crippen molar-refractivity contribution in [1.82, 2.24) is 0 Å². The Bertz CT molecular complexity index is 357. The minimum Gasteiger partial charge on any atom is -0.381 e. The van der Waals surface area contributed by atoms with Crippen molar-refractivity contribution < 1.29 is 13.5 Å². The first kappa shape index (κ1) is 11.5. The molecule has 16 heavy (non-hydrogen) atoms. The van der Waals surface area contributed by atoms with E-state index in [4.69, 9.17) is 4.74 Å². The zero-order valence-corrected chi connectivity index (χ0v) is 9.38. The fraction of sp³-hybridized carbons (Fsp3) is 0.538. The molecule has 1 saturated carbocycles. The van der Waals surface area contributed by atoms with Crippen molar-refractivity contribution in [2.75, 3.05) is 7.11 Å². The summed E-state index contributed by atoms with van der Waals surface area (Å²) in [6, 6.07) is 4.44. The summed E-state index contributed by atoms with van der Waals surface area (Å²) in [4.78, 5) is 0. The van der Waals surface area contributed by atoms with Gasteiger partial charge in [-0.1, -0.05) is 12.1 Å². The van der Waals surface area contributed by atoms with Crippen molar-refractivity contribution >= 4 is 0 Å². The van der Waals surface area contributed by atoms with Crippen LogP contribution >= 0.6 is 0 Å². The van der Waals surface area contributed by atoms with Crippen molar-refractivity contribution in [3.8, 4) is 0 Å². The number of methoxy groups -OCH3 is 1. The predicted molar refractivity (Wildman–Crippen MR) is 58.4 cm³/mol. The van der Waals surface area contributed by atoms with Crippen LogP contribution < -0.4 is 0 Å². The van der Waals surface area contributed by atoms with Crippen LogP contribution in [0.25, 0.3) is 0 Å². The van der Waals surface area contributed by atoms with Gasteiger partial charge in [0.05, 0.1) is 6.10 Å². The zero-order valence-electron chi connectivity index (χ0n) is 9.38. The molecule has 88 valence electrons. The van der Waals surface area contributed by atoms with E-state index in [1.54, 1.807) is 19.2 Å². The zero-order chi connectivity index (χ0) is 11.5. The molecule has 0 aliphatic heterocycles. The van der Waals surface area contributed by atoms with Gasteiger partial charge in [-0.25, -0.2) is 8.78 Å². The van der Waals surface area contributed by atoms with Crippen LogP contribution in [-0.2, 0) is 4.74 Å². The van der Waals surface area contributed by atoms with Crippen molar-refractivity contribution in [2.24, 2.45) is 0 Å². The molecule has 0 N–H and O–H groups in total. The van der Waals surface area contributed by atoms with Crippen molar-refractivity contribution in [2.45, 2.75) is 37.7 Å². The normalized spacial score (nSPS) is 25.7. The maximum atomic E-state index is 13.6. The molecule has 0 atom stereocenters. The average molecular weight is 226 g/mol. The van der Waals surface area contributed by atoms with E-state index in [1.807, 2.05) is 0 Å². The molecule has 0 saturated heterocycles. The third-order valence-electron chi connectivity index (χ3n) is 3.43. The topological polar surface area (TPSA) is 9.23 Å². The van der Waals surface area contributed by atoms with E-state index in [-0.39, 0.29) is 12.0 Å².